The van der Waals surface area contributed by atoms with Gasteiger partial charge in [-0.3, -0.25) is 4.98 Å². The highest BCUT2D eigenvalue weighted by atomic mass is 15.4. The van der Waals surface area contributed by atoms with Crippen LogP contribution in [-0.4, -0.2) is 66.7 Å². The molecule has 0 atom stereocenters. The van der Waals surface area contributed by atoms with E-state index in [1.54, 1.807) is 17.1 Å². The Bertz CT molecular complexity index is 1110. The number of aromatic nitrogens is 8. The number of fused-ring (bicyclic) bond motifs is 1. The average Bonchev–Trinajstić information content (AvgIpc) is 3.44. The third-order valence-electron chi connectivity index (χ3n) is 5.26. The zero-order valence-corrected chi connectivity index (χ0v) is 16.4. The van der Waals surface area contributed by atoms with Gasteiger partial charge in [0.1, 0.15) is 11.6 Å². The third kappa shape index (κ3) is 3.26. The molecule has 10 heteroatoms. The summed E-state index contributed by atoms with van der Waals surface area (Å²) in [7, 11) is 3.96. The lowest BCUT2D eigenvalue weighted by Gasteiger charge is -2.31. The van der Waals surface area contributed by atoms with Crippen molar-refractivity contribution in [3.05, 3.63) is 48.8 Å². The molecule has 1 aliphatic rings. The van der Waals surface area contributed by atoms with Crippen LogP contribution in [0.3, 0.4) is 0 Å². The van der Waals surface area contributed by atoms with Crippen molar-refractivity contribution in [1.82, 2.24) is 39.6 Å². The highest BCUT2D eigenvalue weighted by molar-refractivity contribution is 5.45. The normalized spacial score (nSPS) is 15.2. The summed E-state index contributed by atoms with van der Waals surface area (Å²) in [4.78, 5) is 13.3. The lowest BCUT2D eigenvalue weighted by Crippen LogP contribution is -2.34. The molecule has 5 rings (SSSR count). The van der Waals surface area contributed by atoms with E-state index in [0.29, 0.717) is 5.92 Å². The van der Waals surface area contributed by atoms with Gasteiger partial charge in [-0.1, -0.05) is 0 Å². The van der Waals surface area contributed by atoms with Crippen LogP contribution in [0.15, 0.2) is 43.0 Å². The van der Waals surface area contributed by atoms with E-state index in [9.17, 15) is 0 Å². The summed E-state index contributed by atoms with van der Waals surface area (Å²) in [6.07, 6.45) is 9.05. The molecule has 0 amide bonds. The summed E-state index contributed by atoms with van der Waals surface area (Å²) >= 11 is 0. The van der Waals surface area contributed by atoms with Crippen molar-refractivity contribution >= 4 is 17.3 Å². The molecule has 0 radical (unpaired) electrons. The van der Waals surface area contributed by atoms with Crippen LogP contribution in [-0.2, 0) is 0 Å². The summed E-state index contributed by atoms with van der Waals surface area (Å²) in [5, 5.41) is 17.7. The van der Waals surface area contributed by atoms with Gasteiger partial charge in [0, 0.05) is 45.5 Å². The van der Waals surface area contributed by atoms with Crippen LogP contribution >= 0.6 is 0 Å². The van der Waals surface area contributed by atoms with E-state index >= 15 is 0 Å². The smallest absolute Gasteiger partial charge is 0.178 e. The maximum Gasteiger partial charge on any atom is 0.178 e. The molecule has 0 aliphatic carbocycles. The summed E-state index contributed by atoms with van der Waals surface area (Å²) < 4.78 is 3.60. The standard InChI is InChI=1S/C19H22N10/c1-26(2)16-5-4-15-23-24-19(29(15)25-16)14-6-10-27(11-7-14)17-12-20-13-18(22-17)28-9-3-8-21-28/h3-5,8-9,12-14H,6-7,10-11H2,1-2H3. The number of nitrogens with zero attached hydrogens (tertiary/aromatic N) is 10. The van der Waals surface area contributed by atoms with Gasteiger partial charge in [-0.15, -0.1) is 15.3 Å². The van der Waals surface area contributed by atoms with Crippen LogP contribution in [0.1, 0.15) is 24.6 Å². The van der Waals surface area contributed by atoms with Gasteiger partial charge in [-0.25, -0.2) is 9.67 Å². The first-order chi connectivity index (χ1) is 14.2. The van der Waals surface area contributed by atoms with Crippen LogP contribution in [0.4, 0.5) is 11.6 Å². The number of piperidine rings is 1. The molecule has 0 bridgehead atoms. The number of rotatable bonds is 4. The Morgan fingerprint density at radius 2 is 1.86 bits per heavy atom. The van der Waals surface area contributed by atoms with Gasteiger partial charge in [0.05, 0.1) is 12.4 Å². The van der Waals surface area contributed by atoms with E-state index in [-0.39, 0.29) is 0 Å². The minimum atomic E-state index is 0.313. The van der Waals surface area contributed by atoms with Crippen LogP contribution in [0.5, 0.6) is 0 Å². The zero-order valence-electron chi connectivity index (χ0n) is 16.4. The predicted octanol–water partition coefficient (Wildman–Crippen LogP) is 1.55. The third-order valence-corrected chi connectivity index (χ3v) is 5.26. The molecule has 148 valence electrons. The monoisotopic (exact) mass is 390 g/mol. The van der Waals surface area contributed by atoms with Crippen LogP contribution in [0.2, 0.25) is 0 Å². The van der Waals surface area contributed by atoms with Gasteiger partial charge in [-0.2, -0.15) is 9.61 Å². The molecular formula is C19H22N10. The van der Waals surface area contributed by atoms with Crippen molar-refractivity contribution in [1.29, 1.82) is 0 Å². The average molecular weight is 390 g/mol. The second-order valence-electron chi connectivity index (χ2n) is 7.36. The lowest BCUT2D eigenvalue weighted by molar-refractivity contribution is 0.474. The van der Waals surface area contributed by atoms with Gasteiger partial charge >= 0.3 is 0 Å². The fourth-order valence-electron chi connectivity index (χ4n) is 3.67. The van der Waals surface area contributed by atoms with Gasteiger partial charge in [-0.05, 0) is 31.0 Å². The van der Waals surface area contributed by atoms with Crippen molar-refractivity contribution in [2.24, 2.45) is 0 Å². The van der Waals surface area contributed by atoms with Gasteiger partial charge in [0.15, 0.2) is 17.3 Å². The molecule has 4 aromatic heterocycles. The fraction of sp³-hybridized carbons (Fsp3) is 0.368. The highest BCUT2D eigenvalue weighted by Gasteiger charge is 2.26. The quantitative estimate of drug-likeness (QED) is 0.518. The van der Waals surface area contributed by atoms with Gasteiger partial charge in [0.25, 0.3) is 0 Å². The van der Waals surface area contributed by atoms with Crippen molar-refractivity contribution < 1.29 is 0 Å². The molecule has 5 heterocycles. The fourth-order valence-corrected chi connectivity index (χ4v) is 3.67. The number of hydrogen-bond acceptors (Lipinski definition) is 8. The van der Waals surface area contributed by atoms with E-state index < -0.39 is 0 Å². The van der Waals surface area contributed by atoms with Crippen molar-refractivity contribution in [2.45, 2.75) is 18.8 Å². The molecule has 0 saturated carbocycles. The Morgan fingerprint density at radius 1 is 1.03 bits per heavy atom. The van der Waals surface area contributed by atoms with E-state index in [0.717, 1.165) is 54.9 Å². The molecule has 1 saturated heterocycles. The summed E-state index contributed by atoms with van der Waals surface area (Å²) in [5.74, 6) is 3.73. The Labute approximate surface area is 167 Å². The molecular weight excluding hydrogens is 368 g/mol. The minimum Gasteiger partial charge on any atom is -0.361 e. The van der Waals surface area contributed by atoms with Crippen LogP contribution in [0.25, 0.3) is 11.5 Å². The van der Waals surface area contributed by atoms with E-state index in [1.807, 2.05) is 54.1 Å². The van der Waals surface area contributed by atoms with Gasteiger partial charge < -0.3 is 9.80 Å². The first-order valence-corrected chi connectivity index (χ1v) is 9.66. The second-order valence-corrected chi connectivity index (χ2v) is 7.36. The SMILES string of the molecule is CN(C)c1ccc2nnc(C3CCN(c4cncc(-n5cccn5)n4)CC3)n2n1. The maximum atomic E-state index is 4.72. The minimum absolute atomic E-state index is 0.313. The molecule has 0 N–H and O–H groups in total. The van der Waals surface area contributed by atoms with E-state index in [1.165, 1.54) is 0 Å². The van der Waals surface area contributed by atoms with Crippen molar-refractivity contribution in [2.75, 3.05) is 37.0 Å². The Morgan fingerprint density at radius 3 is 2.62 bits per heavy atom. The molecule has 1 aliphatic heterocycles. The van der Waals surface area contributed by atoms with Crippen molar-refractivity contribution in [3.8, 4) is 5.82 Å². The molecule has 4 aromatic rings. The van der Waals surface area contributed by atoms with Gasteiger partial charge in [0.2, 0.25) is 0 Å². The Balaban J connectivity index is 1.34. The van der Waals surface area contributed by atoms with E-state index in [4.69, 9.17) is 10.1 Å². The maximum absolute atomic E-state index is 4.72. The summed E-state index contributed by atoms with van der Waals surface area (Å²) in [5.41, 5.74) is 0.783. The largest absolute Gasteiger partial charge is 0.361 e. The lowest BCUT2D eigenvalue weighted by atomic mass is 9.96. The molecule has 0 unspecified atom stereocenters. The Kier molecular flexibility index (Phi) is 4.30. The second kappa shape index (κ2) is 7.12. The highest BCUT2D eigenvalue weighted by Crippen LogP contribution is 2.29. The van der Waals surface area contributed by atoms with Crippen molar-refractivity contribution in [3.63, 3.8) is 0 Å². The first kappa shape index (κ1) is 17.5. The first-order valence-electron chi connectivity index (χ1n) is 9.66. The topological polar surface area (TPSA) is 93.2 Å². The number of anilines is 2. The predicted molar refractivity (Wildman–Crippen MR) is 108 cm³/mol. The molecule has 0 aromatic carbocycles. The zero-order chi connectivity index (χ0) is 19.8. The molecule has 29 heavy (non-hydrogen) atoms. The number of hydrogen-bond donors (Lipinski definition) is 0. The molecule has 0 spiro atoms. The Hall–Kier alpha value is -3.56. The molecule has 1 fully saturated rings. The summed E-state index contributed by atoms with van der Waals surface area (Å²) in [6, 6.07) is 5.80. The van der Waals surface area contributed by atoms with E-state index in [2.05, 4.69) is 25.2 Å². The van der Waals surface area contributed by atoms with Crippen LogP contribution in [0, 0.1) is 0 Å². The summed E-state index contributed by atoms with van der Waals surface area (Å²) in [6.45, 7) is 1.76. The van der Waals surface area contributed by atoms with Crippen LogP contribution < -0.4 is 9.80 Å². The molecule has 10 nitrogen and oxygen atoms in total.